The van der Waals surface area contributed by atoms with Crippen molar-refractivity contribution in [2.75, 3.05) is 0 Å². The van der Waals surface area contributed by atoms with Crippen LogP contribution in [-0.4, -0.2) is 10.6 Å². The number of ether oxygens (including phenoxy) is 1. The lowest BCUT2D eigenvalue weighted by atomic mass is 9.99. The molecule has 1 fully saturated rings. The summed E-state index contributed by atoms with van der Waals surface area (Å²) in [6.45, 7) is 0.435. The van der Waals surface area contributed by atoms with Gasteiger partial charge in [-0.15, -0.1) is 0 Å². The molecule has 2 aliphatic rings. The van der Waals surface area contributed by atoms with Gasteiger partial charge in [-0.1, -0.05) is 30.3 Å². The third kappa shape index (κ3) is 2.94. The summed E-state index contributed by atoms with van der Waals surface area (Å²) in [6, 6.07) is 20.2. The summed E-state index contributed by atoms with van der Waals surface area (Å²) in [5, 5.41) is 4.84. The van der Waals surface area contributed by atoms with E-state index in [1.165, 1.54) is 18.1 Å². The zero-order chi connectivity index (χ0) is 20.1. The number of furan rings is 1. The summed E-state index contributed by atoms with van der Waals surface area (Å²) in [7, 11) is 0. The lowest BCUT2D eigenvalue weighted by molar-refractivity contribution is 0.305. The predicted molar refractivity (Wildman–Crippen MR) is 115 cm³/mol. The second-order valence-electron chi connectivity index (χ2n) is 8.16. The molecule has 1 N–H and O–H groups in total. The van der Waals surface area contributed by atoms with Crippen LogP contribution in [0.2, 0.25) is 0 Å². The highest BCUT2D eigenvalue weighted by atomic mass is 16.5. The molecule has 30 heavy (non-hydrogen) atoms. The van der Waals surface area contributed by atoms with Crippen molar-refractivity contribution >= 4 is 11.0 Å². The van der Waals surface area contributed by atoms with Crippen LogP contribution in [0, 0.1) is 0 Å². The van der Waals surface area contributed by atoms with Crippen molar-refractivity contribution in [1.29, 1.82) is 0 Å². The monoisotopic (exact) mass is 398 g/mol. The molecule has 5 heteroatoms. The second kappa shape index (κ2) is 6.89. The standard InChI is InChI=1S/C25H22N2O3/c28-24-14-19(29-15-16-4-2-1-3-5-16)10-11-27(24)18-7-8-20-22(13-18)30-23-12-17-6-9-21(26-17)25(20)23/h1-5,7-8,10-11,13-14,17,21,26H,6,9,12,15H2. The van der Waals surface area contributed by atoms with E-state index in [0.29, 0.717) is 24.4 Å². The number of fused-ring (bicyclic) bond motifs is 6. The lowest BCUT2D eigenvalue weighted by Gasteiger charge is -2.20. The Balaban J connectivity index is 1.29. The summed E-state index contributed by atoms with van der Waals surface area (Å²) >= 11 is 0. The minimum atomic E-state index is -0.128. The molecule has 2 unspecified atom stereocenters. The van der Waals surface area contributed by atoms with Crippen molar-refractivity contribution in [3.63, 3.8) is 0 Å². The fourth-order valence-corrected chi connectivity index (χ4v) is 4.78. The van der Waals surface area contributed by atoms with Gasteiger partial charge >= 0.3 is 0 Å². The van der Waals surface area contributed by atoms with Crippen molar-refractivity contribution in [2.45, 2.75) is 38.0 Å². The van der Waals surface area contributed by atoms with Gasteiger partial charge < -0.3 is 14.5 Å². The van der Waals surface area contributed by atoms with E-state index in [1.54, 1.807) is 10.8 Å². The minimum absolute atomic E-state index is 0.128. The average molecular weight is 398 g/mol. The number of nitrogens with one attached hydrogen (secondary N) is 1. The molecule has 5 nitrogen and oxygen atoms in total. The van der Waals surface area contributed by atoms with Crippen LogP contribution < -0.4 is 15.6 Å². The number of hydrogen-bond donors (Lipinski definition) is 1. The molecule has 0 aliphatic carbocycles. The van der Waals surface area contributed by atoms with Crippen LogP contribution in [0.4, 0.5) is 0 Å². The van der Waals surface area contributed by atoms with E-state index in [1.807, 2.05) is 48.5 Å². The molecule has 6 rings (SSSR count). The van der Waals surface area contributed by atoms with Crippen LogP contribution in [-0.2, 0) is 13.0 Å². The Kier molecular flexibility index (Phi) is 4.03. The average Bonchev–Trinajstić information content (AvgIpc) is 3.33. The van der Waals surface area contributed by atoms with E-state index in [4.69, 9.17) is 9.15 Å². The second-order valence-corrected chi connectivity index (χ2v) is 8.16. The van der Waals surface area contributed by atoms with Crippen molar-refractivity contribution in [1.82, 2.24) is 9.88 Å². The first-order valence-corrected chi connectivity index (χ1v) is 10.5. The van der Waals surface area contributed by atoms with Gasteiger partial charge in [-0.3, -0.25) is 9.36 Å². The Morgan fingerprint density at radius 2 is 1.97 bits per heavy atom. The fraction of sp³-hybridized carbons (Fsp3) is 0.240. The maximum absolute atomic E-state index is 12.7. The number of hydrogen-bond acceptors (Lipinski definition) is 4. The van der Waals surface area contributed by atoms with E-state index in [0.717, 1.165) is 40.8 Å². The molecular formula is C25H22N2O3. The number of rotatable bonds is 4. The van der Waals surface area contributed by atoms with Gasteiger partial charge in [-0.05, 0) is 36.6 Å². The zero-order valence-electron chi connectivity index (χ0n) is 16.5. The maximum atomic E-state index is 12.7. The third-order valence-electron chi connectivity index (χ3n) is 6.23. The summed E-state index contributed by atoms with van der Waals surface area (Å²) < 4.78 is 13.6. The van der Waals surface area contributed by atoms with E-state index < -0.39 is 0 Å². The van der Waals surface area contributed by atoms with Gasteiger partial charge in [0.15, 0.2) is 0 Å². The molecule has 1 saturated heterocycles. The van der Waals surface area contributed by atoms with Crippen molar-refractivity contribution in [3.05, 3.63) is 94.1 Å². The van der Waals surface area contributed by atoms with Gasteiger partial charge in [0.1, 0.15) is 23.7 Å². The predicted octanol–water partition coefficient (Wildman–Crippen LogP) is 4.51. The highest BCUT2D eigenvalue weighted by molar-refractivity contribution is 5.85. The molecule has 150 valence electrons. The van der Waals surface area contributed by atoms with Crippen LogP contribution in [0.5, 0.6) is 5.75 Å². The zero-order valence-corrected chi connectivity index (χ0v) is 16.5. The molecule has 2 atom stereocenters. The molecule has 2 aliphatic heterocycles. The SMILES string of the molecule is O=c1cc(OCc2ccccc2)ccn1-c1ccc2c3c(oc2c1)CC1CCC3N1. The van der Waals surface area contributed by atoms with Crippen LogP contribution >= 0.6 is 0 Å². The molecule has 0 spiro atoms. The molecule has 2 bridgehead atoms. The molecule has 2 aromatic heterocycles. The number of aromatic nitrogens is 1. The summed E-state index contributed by atoms with van der Waals surface area (Å²) in [5.74, 6) is 1.67. The third-order valence-corrected chi connectivity index (χ3v) is 6.23. The van der Waals surface area contributed by atoms with Gasteiger partial charge in [0, 0.05) is 47.8 Å². The molecule has 2 aromatic carbocycles. The first kappa shape index (κ1) is 17.5. The Morgan fingerprint density at radius 1 is 1.07 bits per heavy atom. The van der Waals surface area contributed by atoms with Crippen molar-refractivity contribution in [2.24, 2.45) is 0 Å². The highest BCUT2D eigenvalue weighted by Crippen LogP contribution is 2.42. The molecule has 0 amide bonds. The summed E-state index contributed by atoms with van der Waals surface area (Å²) in [6.07, 6.45) is 5.08. The largest absolute Gasteiger partial charge is 0.489 e. The van der Waals surface area contributed by atoms with Gasteiger partial charge in [-0.25, -0.2) is 0 Å². The number of pyridine rings is 1. The maximum Gasteiger partial charge on any atom is 0.258 e. The Morgan fingerprint density at radius 3 is 2.83 bits per heavy atom. The van der Waals surface area contributed by atoms with Gasteiger partial charge in [0.05, 0.1) is 5.69 Å². The number of benzene rings is 2. The van der Waals surface area contributed by atoms with Gasteiger partial charge in [0.2, 0.25) is 0 Å². The molecule has 4 heterocycles. The summed E-state index contributed by atoms with van der Waals surface area (Å²) in [4.78, 5) is 12.7. The Labute approximate surface area is 173 Å². The quantitative estimate of drug-likeness (QED) is 0.549. The topological polar surface area (TPSA) is 56.4 Å². The molecule has 0 saturated carbocycles. The molecule has 0 radical (unpaired) electrons. The smallest absolute Gasteiger partial charge is 0.258 e. The lowest BCUT2D eigenvalue weighted by Crippen LogP contribution is -2.30. The molecular weight excluding hydrogens is 376 g/mol. The normalized spacial score (nSPS) is 19.7. The van der Waals surface area contributed by atoms with Crippen LogP contribution in [0.15, 0.2) is 76.1 Å². The van der Waals surface area contributed by atoms with Gasteiger partial charge in [-0.2, -0.15) is 0 Å². The Hall–Kier alpha value is -3.31. The Bertz CT molecular complexity index is 1290. The van der Waals surface area contributed by atoms with Gasteiger partial charge in [0.25, 0.3) is 5.56 Å². The van der Waals surface area contributed by atoms with Crippen LogP contribution in [0.3, 0.4) is 0 Å². The van der Waals surface area contributed by atoms with E-state index in [2.05, 4.69) is 11.4 Å². The first-order chi connectivity index (χ1) is 14.7. The van der Waals surface area contributed by atoms with Crippen molar-refractivity contribution in [3.8, 4) is 11.4 Å². The van der Waals surface area contributed by atoms with E-state index in [-0.39, 0.29) is 5.56 Å². The summed E-state index contributed by atoms with van der Waals surface area (Å²) in [5.41, 5.74) is 3.89. The fourth-order valence-electron chi connectivity index (χ4n) is 4.78. The number of nitrogens with zero attached hydrogens (tertiary/aromatic N) is 1. The van der Waals surface area contributed by atoms with E-state index in [9.17, 15) is 4.79 Å². The highest BCUT2D eigenvalue weighted by Gasteiger charge is 2.36. The minimum Gasteiger partial charge on any atom is -0.489 e. The van der Waals surface area contributed by atoms with Crippen molar-refractivity contribution < 1.29 is 9.15 Å². The van der Waals surface area contributed by atoms with Crippen LogP contribution in [0.25, 0.3) is 16.7 Å². The molecule has 4 aromatic rings. The first-order valence-electron chi connectivity index (χ1n) is 10.5. The van der Waals surface area contributed by atoms with Crippen LogP contribution in [0.1, 0.15) is 35.8 Å². The van der Waals surface area contributed by atoms with E-state index >= 15 is 0 Å².